The molecule has 104 valence electrons. The number of anilines is 1. The fraction of sp³-hybridized carbons (Fsp3) is 0.133. The number of rotatable bonds is 5. The van der Waals surface area contributed by atoms with Crippen molar-refractivity contribution >= 4 is 27.6 Å². The van der Waals surface area contributed by atoms with Crippen molar-refractivity contribution in [2.45, 2.75) is 6.04 Å². The molecule has 0 fully saturated rings. The van der Waals surface area contributed by atoms with Gasteiger partial charge in [-0.25, -0.2) is 4.79 Å². The third-order valence-electron chi connectivity index (χ3n) is 2.85. The summed E-state index contributed by atoms with van der Waals surface area (Å²) in [4.78, 5) is 11.5. The molecule has 0 aliphatic carbocycles. The van der Waals surface area contributed by atoms with Crippen molar-refractivity contribution < 1.29 is 14.6 Å². The first-order chi connectivity index (χ1) is 9.61. The zero-order valence-corrected chi connectivity index (χ0v) is 12.4. The molecule has 5 heteroatoms. The SMILES string of the molecule is COc1cccc(C(Nc2ccccc2Br)C(=O)O)c1. The number of carboxylic acid groups (broad SMARTS) is 1. The van der Waals surface area contributed by atoms with Gasteiger partial charge in [0.15, 0.2) is 6.04 Å². The Labute approximate surface area is 125 Å². The summed E-state index contributed by atoms with van der Waals surface area (Å²) >= 11 is 3.39. The molecule has 0 aliphatic rings. The maximum Gasteiger partial charge on any atom is 0.330 e. The Balaban J connectivity index is 2.32. The summed E-state index contributed by atoms with van der Waals surface area (Å²) in [6, 6.07) is 13.6. The molecule has 0 saturated carbocycles. The Kier molecular flexibility index (Phi) is 4.63. The Hall–Kier alpha value is -2.01. The van der Waals surface area contributed by atoms with E-state index in [9.17, 15) is 9.90 Å². The second kappa shape index (κ2) is 6.43. The van der Waals surface area contributed by atoms with Crippen LogP contribution >= 0.6 is 15.9 Å². The molecular formula is C15H14BrNO3. The lowest BCUT2D eigenvalue weighted by Gasteiger charge is -2.17. The molecule has 2 N–H and O–H groups in total. The fourth-order valence-corrected chi connectivity index (χ4v) is 2.24. The van der Waals surface area contributed by atoms with E-state index in [-0.39, 0.29) is 0 Å². The number of carboxylic acids is 1. The van der Waals surface area contributed by atoms with Crippen LogP contribution in [0.3, 0.4) is 0 Å². The van der Waals surface area contributed by atoms with Crippen molar-refractivity contribution in [1.82, 2.24) is 0 Å². The Bertz CT molecular complexity index is 616. The first-order valence-corrected chi connectivity index (χ1v) is 6.79. The quantitative estimate of drug-likeness (QED) is 0.874. The molecule has 0 aromatic heterocycles. The number of ether oxygens (including phenoxy) is 1. The summed E-state index contributed by atoms with van der Waals surface area (Å²) < 4.78 is 5.94. The van der Waals surface area contributed by atoms with Crippen molar-refractivity contribution in [1.29, 1.82) is 0 Å². The van der Waals surface area contributed by atoms with Crippen LogP contribution in [0.25, 0.3) is 0 Å². The predicted molar refractivity (Wildman–Crippen MR) is 81.1 cm³/mol. The molecule has 0 saturated heterocycles. The van der Waals surface area contributed by atoms with Gasteiger partial charge in [-0.2, -0.15) is 0 Å². The van der Waals surface area contributed by atoms with Gasteiger partial charge >= 0.3 is 5.97 Å². The maximum absolute atomic E-state index is 11.5. The third-order valence-corrected chi connectivity index (χ3v) is 3.54. The van der Waals surface area contributed by atoms with Crippen LogP contribution in [0.1, 0.15) is 11.6 Å². The minimum atomic E-state index is -0.950. The van der Waals surface area contributed by atoms with Crippen LogP contribution in [0.15, 0.2) is 53.0 Å². The van der Waals surface area contributed by atoms with E-state index in [0.717, 1.165) is 10.2 Å². The van der Waals surface area contributed by atoms with Crippen molar-refractivity contribution in [3.63, 3.8) is 0 Å². The van der Waals surface area contributed by atoms with Crippen LogP contribution < -0.4 is 10.1 Å². The Morgan fingerprint density at radius 1 is 1.25 bits per heavy atom. The molecule has 4 nitrogen and oxygen atoms in total. The monoisotopic (exact) mass is 335 g/mol. The summed E-state index contributed by atoms with van der Waals surface area (Å²) in [6.45, 7) is 0. The molecule has 2 aromatic carbocycles. The minimum Gasteiger partial charge on any atom is -0.497 e. The molecule has 0 bridgehead atoms. The standard InChI is InChI=1S/C15H14BrNO3/c1-20-11-6-4-5-10(9-11)14(15(18)19)17-13-8-3-2-7-12(13)16/h2-9,14,17H,1H3,(H,18,19). The van der Waals surface area contributed by atoms with Gasteiger partial charge in [0.1, 0.15) is 5.75 Å². The second-order valence-corrected chi connectivity index (χ2v) is 5.03. The summed E-state index contributed by atoms with van der Waals surface area (Å²) in [5.74, 6) is -0.323. The van der Waals surface area contributed by atoms with Crippen molar-refractivity contribution in [2.75, 3.05) is 12.4 Å². The summed E-state index contributed by atoms with van der Waals surface area (Å²) in [7, 11) is 1.55. The molecule has 0 heterocycles. The van der Waals surface area contributed by atoms with E-state index in [1.54, 1.807) is 31.4 Å². The zero-order valence-electron chi connectivity index (χ0n) is 10.8. The average Bonchev–Trinajstić information content (AvgIpc) is 2.46. The molecule has 20 heavy (non-hydrogen) atoms. The fourth-order valence-electron chi connectivity index (χ4n) is 1.84. The Morgan fingerprint density at radius 3 is 2.65 bits per heavy atom. The Morgan fingerprint density at radius 2 is 2.00 bits per heavy atom. The summed E-state index contributed by atoms with van der Waals surface area (Å²) in [6.07, 6.45) is 0. The van der Waals surface area contributed by atoms with Crippen LogP contribution in [0.2, 0.25) is 0 Å². The zero-order chi connectivity index (χ0) is 14.5. The normalized spacial score (nSPS) is 11.7. The van der Waals surface area contributed by atoms with E-state index in [1.807, 2.05) is 24.3 Å². The van der Waals surface area contributed by atoms with Crippen LogP contribution in [0, 0.1) is 0 Å². The van der Waals surface area contributed by atoms with E-state index < -0.39 is 12.0 Å². The van der Waals surface area contributed by atoms with E-state index in [0.29, 0.717) is 11.3 Å². The molecule has 0 radical (unpaired) electrons. The largest absolute Gasteiger partial charge is 0.497 e. The topological polar surface area (TPSA) is 58.6 Å². The number of aliphatic carboxylic acids is 1. The second-order valence-electron chi connectivity index (χ2n) is 4.17. The number of benzene rings is 2. The molecular weight excluding hydrogens is 322 g/mol. The number of nitrogens with one attached hydrogen (secondary N) is 1. The lowest BCUT2D eigenvalue weighted by molar-refractivity contribution is -0.138. The lowest BCUT2D eigenvalue weighted by atomic mass is 10.1. The smallest absolute Gasteiger partial charge is 0.330 e. The highest BCUT2D eigenvalue weighted by Gasteiger charge is 2.20. The predicted octanol–water partition coefficient (Wildman–Crippen LogP) is 3.70. The van der Waals surface area contributed by atoms with Gasteiger partial charge in [0.2, 0.25) is 0 Å². The molecule has 0 aliphatic heterocycles. The summed E-state index contributed by atoms with van der Waals surface area (Å²) in [5, 5.41) is 12.4. The number of halogens is 1. The molecule has 0 amide bonds. The molecule has 2 rings (SSSR count). The number of para-hydroxylation sites is 1. The van der Waals surface area contributed by atoms with Crippen molar-refractivity contribution in [2.24, 2.45) is 0 Å². The molecule has 0 spiro atoms. The van der Waals surface area contributed by atoms with Gasteiger partial charge in [0.05, 0.1) is 7.11 Å². The van der Waals surface area contributed by atoms with Gasteiger partial charge in [0.25, 0.3) is 0 Å². The van der Waals surface area contributed by atoms with E-state index in [2.05, 4.69) is 21.2 Å². The van der Waals surface area contributed by atoms with Crippen LogP contribution in [-0.2, 0) is 4.79 Å². The highest BCUT2D eigenvalue weighted by molar-refractivity contribution is 9.10. The van der Waals surface area contributed by atoms with E-state index in [4.69, 9.17) is 4.74 Å². The van der Waals surface area contributed by atoms with Gasteiger partial charge in [-0.05, 0) is 45.8 Å². The van der Waals surface area contributed by atoms with Crippen LogP contribution in [-0.4, -0.2) is 18.2 Å². The van der Waals surface area contributed by atoms with Gasteiger partial charge in [0, 0.05) is 10.2 Å². The highest BCUT2D eigenvalue weighted by Crippen LogP contribution is 2.28. The van der Waals surface area contributed by atoms with Gasteiger partial charge in [-0.1, -0.05) is 24.3 Å². The highest BCUT2D eigenvalue weighted by atomic mass is 79.9. The van der Waals surface area contributed by atoms with Gasteiger partial charge < -0.3 is 15.2 Å². The number of methoxy groups -OCH3 is 1. The lowest BCUT2D eigenvalue weighted by Crippen LogP contribution is -2.20. The third kappa shape index (κ3) is 3.30. The first kappa shape index (κ1) is 14.4. The number of hydrogen-bond donors (Lipinski definition) is 2. The molecule has 1 atom stereocenters. The van der Waals surface area contributed by atoms with E-state index in [1.165, 1.54) is 0 Å². The number of carbonyl (C=O) groups is 1. The molecule has 2 aromatic rings. The van der Waals surface area contributed by atoms with E-state index >= 15 is 0 Å². The van der Waals surface area contributed by atoms with Crippen molar-refractivity contribution in [3.8, 4) is 5.75 Å². The number of hydrogen-bond acceptors (Lipinski definition) is 3. The molecule has 1 unspecified atom stereocenters. The maximum atomic E-state index is 11.5. The van der Waals surface area contributed by atoms with Crippen LogP contribution in [0.4, 0.5) is 5.69 Å². The van der Waals surface area contributed by atoms with Crippen molar-refractivity contribution in [3.05, 3.63) is 58.6 Å². The minimum absolute atomic E-state index is 0.627. The summed E-state index contributed by atoms with van der Waals surface area (Å²) in [5.41, 5.74) is 1.36. The first-order valence-electron chi connectivity index (χ1n) is 5.99. The average molecular weight is 336 g/mol. The van der Waals surface area contributed by atoms with Crippen LogP contribution in [0.5, 0.6) is 5.75 Å². The van der Waals surface area contributed by atoms with Gasteiger partial charge in [-0.3, -0.25) is 0 Å². The van der Waals surface area contributed by atoms with Gasteiger partial charge in [-0.15, -0.1) is 0 Å².